The smallest absolute Gasteiger partial charge is 0.249 e. The zero-order chi connectivity index (χ0) is 9.97. The van der Waals surface area contributed by atoms with Crippen molar-refractivity contribution in [2.75, 3.05) is 0 Å². The van der Waals surface area contributed by atoms with Crippen LogP contribution in [0.2, 0.25) is 0 Å². The summed E-state index contributed by atoms with van der Waals surface area (Å²) in [5.74, 6) is 0.390. The number of rotatable bonds is 1. The van der Waals surface area contributed by atoms with Gasteiger partial charge in [0.05, 0.1) is 5.69 Å². The van der Waals surface area contributed by atoms with E-state index in [0.717, 1.165) is 18.5 Å². The van der Waals surface area contributed by atoms with Gasteiger partial charge in [0.2, 0.25) is 5.91 Å². The molecule has 0 radical (unpaired) electrons. The third kappa shape index (κ3) is 1.86. The number of aromatic nitrogens is 2. The maximum atomic E-state index is 11.9. The van der Waals surface area contributed by atoms with Crippen molar-refractivity contribution < 1.29 is 4.79 Å². The second kappa shape index (κ2) is 3.95. The quantitative estimate of drug-likeness (QED) is 0.684. The van der Waals surface area contributed by atoms with Gasteiger partial charge < -0.3 is 0 Å². The van der Waals surface area contributed by atoms with E-state index in [0.29, 0.717) is 0 Å². The minimum absolute atomic E-state index is 0.179. The van der Waals surface area contributed by atoms with E-state index in [2.05, 4.69) is 5.10 Å². The fourth-order valence-electron chi connectivity index (χ4n) is 2.07. The molecule has 0 unspecified atom stereocenters. The lowest BCUT2D eigenvalue weighted by Crippen LogP contribution is -2.24. The summed E-state index contributed by atoms with van der Waals surface area (Å²) in [6, 6.07) is 1.88. The zero-order valence-electron chi connectivity index (χ0n) is 8.57. The van der Waals surface area contributed by atoms with E-state index in [-0.39, 0.29) is 11.8 Å². The fourth-order valence-corrected chi connectivity index (χ4v) is 2.07. The van der Waals surface area contributed by atoms with Gasteiger partial charge in [-0.05, 0) is 25.8 Å². The molecular formula is C11H16N2O. The van der Waals surface area contributed by atoms with Crippen LogP contribution in [0, 0.1) is 12.8 Å². The molecule has 14 heavy (non-hydrogen) atoms. The van der Waals surface area contributed by atoms with Gasteiger partial charge in [-0.1, -0.05) is 19.3 Å². The van der Waals surface area contributed by atoms with Gasteiger partial charge in [-0.2, -0.15) is 5.10 Å². The van der Waals surface area contributed by atoms with Crippen molar-refractivity contribution in [3.8, 4) is 0 Å². The third-order valence-electron chi connectivity index (χ3n) is 2.90. The standard InChI is InChI=1S/C11H16N2O/c1-9-7-8-13(12-9)11(14)10-5-3-2-4-6-10/h7-8,10H,2-6H2,1H3. The molecular weight excluding hydrogens is 176 g/mol. The van der Waals surface area contributed by atoms with Gasteiger partial charge in [0.15, 0.2) is 0 Å². The first kappa shape index (κ1) is 9.44. The Bertz CT molecular complexity index is 324. The average Bonchev–Trinajstić information content (AvgIpc) is 2.65. The minimum Gasteiger partial charge on any atom is -0.272 e. The molecule has 1 heterocycles. The first-order valence-electron chi connectivity index (χ1n) is 5.34. The highest BCUT2D eigenvalue weighted by Gasteiger charge is 2.22. The Hall–Kier alpha value is -1.12. The second-order valence-electron chi connectivity index (χ2n) is 4.07. The van der Waals surface area contributed by atoms with E-state index in [9.17, 15) is 4.79 Å². The van der Waals surface area contributed by atoms with Crippen LogP contribution in [-0.2, 0) is 0 Å². The van der Waals surface area contributed by atoms with Crippen molar-refractivity contribution in [2.45, 2.75) is 39.0 Å². The highest BCUT2D eigenvalue weighted by atomic mass is 16.2. The summed E-state index contributed by atoms with van der Waals surface area (Å²) in [5, 5.41) is 4.15. The van der Waals surface area contributed by atoms with Gasteiger partial charge in [-0.25, -0.2) is 4.68 Å². The van der Waals surface area contributed by atoms with E-state index < -0.39 is 0 Å². The molecule has 0 aromatic carbocycles. The molecule has 3 nitrogen and oxygen atoms in total. The third-order valence-corrected chi connectivity index (χ3v) is 2.90. The number of carbonyl (C=O) groups is 1. The molecule has 2 rings (SSSR count). The molecule has 0 saturated heterocycles. The van der Waals surface area contributed by atoms with Crippen LogP contribution in [-0.4, -0.2) is 15.7 Å². The summed E-state index contributed by atoms with van der Waals surface area (Å²) in [5.41, 5.74) is 0.911. The molecule has 1 fully saturated rings. The second-order valence-corrected chi connectivity index (χ2v) is 4.07. The Kier molecular flexibility index (Phi) is 2.66. The summed E-state index contributed by atoms with van der Waals surface area (Å²) in [4.78, 5) is 11.9. The maximum Gasteiger partial charge on any atom is 0.249 e. The Morgan fingerprint density at radius 2 is 2.14 bits per heavy atom. The van der Waals surface area contributed by atoms with Crippen LogP contribution in [0.3, 0.4) is 0 Å². The molecule has 0 N–H and O–H groups in total. The topological polar surface area (TPSA) is 34.9 Å². The van der Waals surface area contributed by atoms with Gasteiger partial charge in [-0.3, -0.25) is 4.79 Å². The molecule has 0 atom stereocenters. The molecule has 0 spiro atoms. The van der Waals surface area contributed by atoms with Crippen LogP contribution in [0.1, 0.15) is 42.6 Å². The summed E-state index contributed by atoms with van der Waals surface area (Å²) >= 11 is 0. The predicted octanol–water partition coefficient (Wildman–Crippen LogP) is 2.41. The number of carbonyl (C=O) groups excluding carboxylic acids is 1. The van der Waals surface area contributed by atoms with Crippen LogP contribution in [0.25, 0.3) is 0 Å². The molecule has 0 bridgehead atoms. The normalized spacial score (nSPS) is 18.4. The Balaban J connectivity index is 2.07. The SMILES string of the molecule is Cc1ccn(C(=O)C2CCCCC2)n1. The summed E-state index contributed by atoms with van der Waals surface area (Å²) in [6.45, 7) is 1.91. The van der Waals surface area contributed by atoms with E-state index in [1.54, 1.807) is 6.20 Å². The molecule has 1 aromatic heterocycles. The Morgan fingerprint density at radius 3 is 2.71 bits per heavy atom. The fraction of sp³-hybridized carbons (Fsp3) is 0.636. The number of hydrogen-bond donors (Lipinski definition) is 0. The van der Waals surface area contributed by atoms with Crippen molar-refractivity contribution in [3.05, 3.63) is 18.0 Å². The molecule has 1 aromatic rings. The van der Waals surface area contributed by atoms with Crippen LogP contribution < -0.4 is 0 Å². The lowest BCUT2D eigenvalue weighted by molar-refractivity contribution is 0.0784. The molecule has 0 amide bonds. The van der Waals surface area contributed by atoms with Crippen molar-refractivity contribution in [2.24, 2.45) is 5.92 Å². The highest BCUT2D eigenvalue weighted by Crippen LogP contribution is 2.24. The lowest BCUT2D eigenvalue weighted by atomic mass is 9.89. The van der Waals surface area contributed by atoms with E-state index in [1.165, 1.54) is 23.9 Å². The summed E-state index contributed by atoms with van der Waals surface area (Å²) in [6.07, 6.45) is 7.51. The average molecular weight is 192 g/mol. The van der Waals surface area contributed by atoms with Crippen molar-refractivity contribution >= 4 is 5.91 Å². The van der Waals surface area contributed by atoms with Crippen LogP contribution in [0.4, 0.5) is 0 Å². The van der Waals surface area contributed by atoms with E-state index in [1.807, 2.05) is 13.0 Å². The first-order chi connectivity index (χ1) is 6.77. The monoisotopic (exact) mass is 192 g/mol. The molecule has 76 valence electrons. The molecule has 3 heteroatoms. The Morgan fingerprint density at radius 1 is 1.43 bits per heavy atom. The molecule has 1 aliphatic rings. The largest absolute Gasteiger partial charge is 0.272 e. The maximum absolute atomic E-state index is 11.9. The van der Waals surface area contributed by atoms with Crippen molar-refractivity contribution in [1.29, 1.82) is 0 Å². The van der Waals surface area contributed by atoms with Crippen LogP contribution in [0.5, 0.6) is 0 Å². The Labute approximate surface area is 84.1 Å². The predicted molar refractivity (Wildman–Crippen MR) is 54.2 cm³/mol. The summed E-state index contributed by atoms with van der Waals surface area (Å²) in [7, 11) is 0. The van der Waals surface area contributed by atoms with Gasteiger partial charge in [0.25, 0.3) is 0 Å². The highest BCUT2D eigenvalue weighted by molar-refractivity contribution is 5.80. The number of hydrogen-bond acceptors (Lipinski definition) is 2. The first-order valence-corrected chi connectivity index (χ1v) is 5.34. The van der Waals surface area contributed by atoms with E-state index >= 15 is 0 Å². The molecule has 1 saturated carbocycles. The van der Waals surface area contributed by atoms with Crippen molar-refractivity contribution in [1.82, 2.24) is 9.78 Å². The molecule has 1 aliphatic carbocycles. The van der Waals surface area contributed by atoms with Crippen molar-refractivity contribution in [3.63, 3.8) is 0 Å². The number of nitrogens with zero attached hydrogens (tertiary/aromatic N) is 2. The number of aryl methyl sites for hydroxylation is 1. The lowest BCUT2D eigenvalue weighted by Gasteiger charge is -2.19. The van der Waals surface area contributed by atoms with Crippen LogP contribution in [0.15, 0.2) is 12.3 Å². The van der Waals surface area contributed by atoms with Gasteiger partial charge in [-0.15, -0.1) is 0 Å². The van der Waals surface area contributed by atoms with Gasteiger partial charge in [0, 0.05) is 12.1 Å². The van der Waals surface area contributed by atoms with E-state index in [4.69, 9.17) is 0 Å². The summed E-state index contributed by atoms with van der Waals surface area (Å²) < 4.78 is 1.51. The minimum atomic E-state index is 0.179. The van der Waals surface area contributed by atoms with Gasteiger partial charge >= 0.3 is 0 Å². The van der Waals surface area contributed by atoms with Gasteiger partial charge in [0.1, 0.15) is 0 Å². The zero-order valence-corrected chi connectivity index (χ0v) is 8.57. The molecule has 0 aliphatic heterocycles. The van der Waals surface area contributed by atoms with Crippen LogP contribution >= 0.6 is 0 Å².